The first-order valence-corrected chi connectivity index (χ1v) is 7.99. The fraction of sp³-hybridized carbons (Fsp3) is 0.588. The summed E-state index contributed by atoms with van der Waals surface area (Å²) in [6.07, 6.45) is 2.99. The molecule has 1 aromatic rings. The Kier molecular flexibility index (Phi) is 5.94. The second-order valence-electron chi connectivity index (χ2n) is 6.06. The molecule has 0 bridgehead atoms. The highest BCUT2D eigenvalue weighted by atomic mass is 16.5. The smallest absolute Gasteiger partial charge is 0.266 e. The SMILES string of the molecule is Cc1[nH]c(=O)c(C#N)c(C)c1CCC(=O)NCC1CCCOC1. The Morgan fingerprint density at radius 2 is 2.26 bits per heavy atom. The van der Waals surface area contributed by atoms with Crippen molar-refractivity contribution in [2.45, 2.75) is 39.5 Å². The number of aryl methyl sites for hydroxylation is 1. The van der Waals surface area contributed by atoms with Gasteiger partial charge in [0, 0.05) is 25.3 Å². The summed E-state index contributed by atoms with van der Waals surface area (Å²) >= 11 is 0. The number of amides is 1. The third-order valence-electron chi connectivity index (χ3n) is 4.36. The van der Waals surface area contributed by atoms with Gasteiger partial charge in [-0.2, -0.15) is 5.26 Å². The summed E-state index contributed by atoms with van der Waals surface area (Å²) in [6, 6.07) is 1.93. The molecule has 1 amide bonds. The highest BCUT2D eigenvalue weighted by molar-refractivity contribution is 5.76. The average Bonchev–Trinajstić information content (AvgIpc) is 2.53. The third-order valence-corrected chi connectivity index (χ3v) is 4.36. The van der Waals surface area contributed by atoms with Crippen molar-refractivity contribution in [3.05, 3.63) is 32.7 Å². The lowest BCUT2D eigenvalue weighted by molar-refractivity contribution is -0.121. The number of H-pyrrole nitrogens is 1. The molecule has 1 aliphatic heterocycles. The molecule has 2 N–H and O–H groups in total. The molecule has 2 rings (SSSR count). The summed E-state index contributed by atoms with van der Waals surface area (Å²) in [4.78, 5) is 26.4. The zero-order valence-electron chi connectivity index (χ0n) is 13.7. The van der Waals surface area contributed by atoms with Crippen molar-refractivity contribution in [2.24, 2.45) is 5.92 Å². The van der Waals surface area contributed by atoms with Gasteiger partial charge in [-0.05, 0) is 50.2 Å². The first kappa shape index (κ1) is 17.2. The number of aromatic amines is 1. The lowest BCUT2D eigenvalue weighted by Crippen LogP contribution is -2.33. The maximum absolute atomic E-state index is 12.0. The quantitative estimate of drug-likeness (QED) is 0.856. The summed E-state index contributed by atoms with van der Waals surface area (Å²) in [7, 11) is 0. The predicted molar refractivity (Wildman–Crippen MR) is 86.1 cm³/mol. The van der Waals surface area contributed by atoms with Crippen LogP contribution < -0.4 is 10.9 Å². The first-order valence-electron chi connectivity index (χ1n) is 7.99. The maximum atomic E-state index is 12.0. The molecule has 0 spiro atoms. The van der Waals surface area contributed by atoms with Crippen molar-refractivity contribution in [1.29, 1.82) is 5.26 Å². The van der Waals surface area contributed by atoms with E-state index in [0.29, 0.717) is 37.5 Å². The van der Waals surface area contributed by atoms with Crippen molar-refractivity contribution in [3.63, 3.8) is 0 Å². The minimum atomic E-state index is -0.368. The summed E-state index contributed by atoms with van der Waals surface area (Å²) in [6.45, 7) is 5.72. The van der Waals surface area contributed by atoms with Gasteiger partial charge in [0.05, 0.1) is 6.61 Å². The topological polar surface area (TPSA) is 95.0 Å². The minimum absolute atomic E-state index is 0.0147. The van der Waals surface area contributed by atoms with Crippen molar-refractivity contribution in [2.75, 3.05) is 19.8 Å². The molecular formula is C17H23N3O3. The van der Waals surface area contributed by atoms with E-state index in [2.05, 4.69) is 10.3 Å². The van der Waals surface area contributed by atoms with E-state index in [0.717, 1.165) is 30.7 Å². The van der Waals surface area contributed by atoms with E-state index < -0.39 is 0 Å². The Morgan fingerprint density at radius 3 is 2.91 bits per heavy atom. The molecule has 1 atom stereocenters. The van der Waals surface area contributed by atoms with Gasteiger partial charge < -0.3 is 15.0 Å². The molecule has 0 saturated carbocycles. The molecule has 2 heterocycles. The van der Waals surface area contributed by atoms with Gasteiger partial charge in [0.25, 0.3) is 5.56 Å². The molecule has 23 heavy (non-hydrogen) atoms. The van der Waals surface area contributed by atoms with E-state index >= 15 is 0 Å². The van der Waals surface area contributed by atoms with Crippen LogP contribution in [0, 0.1) is 31.1 Å². The Morgan fingerprint density at radius 1 is 1.48 bits per heavy atom. The predicted octanol–water partition coefficient (Wildman–Crippen LogP) is 1.34. The van der Waals surface area contributed by atoms with Gasteiger partial charge >= 0.3 is 0 Å². The maximum Gasteiger partial charge on any atom is 0.266 e. The molecule has 124 valence electrons. The van der Waals surface area contributed by atoms with Crippen molar-refractivity contribution < 1.29 is 9.53 Å². The van der Waals surface area contributed by atoms with Crippen LogP contribution in [0.15, 0.2) is 4.79 Å². The monoisotopic (exact) mass is 317 g/mol. The Bertz CT molecular complexity index is 667. The van der Waals surface area contributed by atoms with Crippen LogP contribution in [-0.4, -0.2) is 30.6 Å². The highest BCUT2D eigenvalue weighted by Gasteiger charge is 2.16. The van der Waals surface area contributed by atoms with Crippen molar-refractivity contribution >= 4 is 5.91 Å². The summed E-state index contributed by atoms with van der Waals surface area (Å²) in [5.41, 5.74) is 2.03. The molecule has 1 unspecified atom stereocenters. The van der Waals surface area contributed by atoms with E-state index in [1.165, 1.54) is 0 Å². The second kappa shape index (κ2) is 7.93. The van der Waals surface area contributed by atoms with Crippen LogP contribution in [0.2, 0.25) is 0 Å². The molecule has 6 nitrogen and oxygen atoms in total. The number of nitrogens with zero attached hydrogens (tertiary/aromatic N) is 1. The van der Waals surface area contributed by atoms with Gasteiger partial charge in [0.2, 0.25) is 5.91 Å². The Balaban J connectivity index is 1.91. The zero-order valence-corrected chi connectivity index (χ0v) is 13.7. The molecular weight excluding hydrogens is 294 g/mol. The van der Waals surface area contributed by atoms with Gasteiger partial charge in [0.1, 0.15) is 11.6 Å². The molecule has 0 radical (unpaired) electrons. The van der Waals surface area contributed by atoms with E-state index in [1.54, 1.807) is 13.8 Å². The number of aromatic nitrogens is 1. The van der Waals surface area contributed by atoms with Gasteiger partial charge in [0.15, 0.2) is 0 Å². The average molecular weight is 317 g/mol. The molecule has 1 fully saturated rings. The minimum Gasteiger partial charge on any atom is -0.381 e. The van der Waals surface area contributed by atoms with E-state index in [1.807, 2.05) is 6.07 Å². The normalized spacial score (nSPS) is 17.5. The molecule has 0 aromatic carbocycles. The van der Waals surface area contributed by atoms with Crippen LogP contribution in [0.25, 0.3) is 0 Å². The van der Waals surface area contributed by atoms with Crippen LogP contribution in [-0.2, 0) is 16.0 Å². The van der Waals surface area contributed by atoms with Gasteiger partial charge in [-0.3, -0.25) is 9.59 Å². The largest absolute Gasteiger partial charge is 0.381 e. The van der Waals surface area contributed by atoms with Crippen LogP contribution in [0.1, 0.15) is 41.6 Å². The zero-order chi connectivity index (χ0) is 16.8. The summed E-state index contributed by atoms with van der Waals surface area (Å²) in [5.74, 6) is 0.383. The van der Waals surface area contributed by atoms with Crippen LogP contribution in [0.5, 0.6) is 0 Å². The Labute approximate surface area is 135 Å². The fourth-order valence-corrected chi connectivity index (χ4v) is 2.97. The Hall–Kier alpha value is -2.13. The number of carbonyl (C=O) groups excluding carboxylic acids is 1. The molecule has 1 aromatic heterocycles. The first-order chi connectivity index (χ1) is 11.0. The highest BCUT2D eigenvalue weighted by Crippen LogP contribution is 2.15. The molecule has 6 heteroatoms. The number of hydrogen-bond acceptors (Lipinski definition) is 4. The number of hydrogen-bond donors (Lipinski definition) is 2. The van der Waals surface area contributed by atoms with E-state index in [-0.39, 0.29) is 17.0 Å². The van der Waals surface area contributed by atoms with Crippen LogP contribution >= 0.6 is 0 Å². The van der Waals surface area contributed by atoms with Gasteiger partial charge in [-0.25, -0.2) is 0 Å². The van der Waals surface area contributed by atoms with Gasteiger partial charge in [-0.15, -0.1) is 0 Å². The van der Waals surface area contributed by atoms with E-state index in [9.17, 15) is 9.59 Å². The lowest BCUT2D eigenvalue weighted by Gasteiger charge is -2.22. The van der Waals surface area contributed by atoms with Crippen molar-refractivity contribution in [1.82, 2.24) is 10.3 Å². The van der Waals surface area contributed by atoms with Crippen molar-refractivity contribution in [3.8, 4) is 6.07 Å². The molecule has 1 aliphatic rings. The number of nitriles is 1. The number of carbonyl (C=O) groups is 1. The summed E-state index contributed by atoms with van der Waals surface area (Å²) in [5, 5.41) is 12.0. The molecule has 0 aliphatic carbocycles. The molecule has 1 saturated heterocycles. The third kappa shape index (κ3) is 4.42. The lowest BCUT2D eigenvalue weighted by atomic mass is 9.98. The standard InChI is InChI=1S/C17H23N3O3/c1-11-14(12(2)20-17(22)15(11)8-18)5-6-16(21)19-9-13-4-3-7-23-10-13/h13H,3-7,9-10H2,1-2H3,(H,19,21)(H,20,22). The summed E-state index contributed by atoms with van der Waals surface area (Å²) < 4.78 is 5.40. The number of rotatable bonds is 5. The number of nitrogens with one attached hydrogen (secondary N) is 2. The number of pyridine rings is 1. The van der Waals surface area contributed by atoms with Crippen LogP contribution in [0.3, 0.4) is 0 Å². The van der Waals surface area contributed by atoms with Gasteiger partial charge in [-0.1, -0.05) is 0 Å². The second-order valence-corrected chi connectivity index (χ2v) is 6.06. The van der Waals surface area contributed by atoms with Crippen LogP contribution in [0.4, 0.5) is 0 Å². The van der Waals surface area contributed by atoms with E-state index in [4.69, 9.17) is 10.00 Å². The number of ether oxygens (including phenoxy) is 1. The fourth-order valence-electron chi connectivity index (χ4n) is 2.97.